The van der Waals surface area contributed by atoms with Gasteiger partial charge in [-0.3, -0.25) is 14.3 Å². The van der Waals surface area contributed by atoms with Crippen LogP contribution in [-0.2, 0) is 11.3 Å². The van der Waals surface area contributed by atoms with E-state index in [-0.39, 0.29) is 5.41 Å². The van der Waals surface area contributed by atoms with E-state index >= 15 is 0 Å². The zero-order valence-electron chi connectivity index (χ0n) is 13.3. The molecule has 0 radical (unpaired) electrons. The van der Waals surface area contributed by atoms with E-state index in [1.807, 2.05) is 15.8 Å². The van der Waals surface area contributed by atoms with Crippen LogP contribution in [0.3, 0.4) is 0 Å². The average Bonchev–Trinajstić information content (AvgIpc) is 2.95. The van der Waals surface area contributed by atoms with Gasteiger partial charge in [0, 0.05) is 48.6 Å². The first kappa shape index (κ1) is 16.9. The smallest absolute Gasteiger partial charge is 0.228 e. The van der Waals surface area contributed by atoms with Crippen LogP contribution in [0.4, 0.5) is 5.82 Å². The fourth-order valence-corrected chi connectivity index (χ4v) is 3.84. The highest BCUT2D eigenvalue weighted by molar-refractivity contribution is 6.23. The van der Waals surface area contributed by atoms with Crippen LogP contribution in [0, 0.1) is 5.41 Å². The van der Waals surface area contributed by atoms with Crippen molar-refractivity contribution >= 4 is 35.3 Å². The van der Waals surface area contributed by atoms with Crippen LogP contribution in [0.5, 0.6) is 0 Å². The largest absolute Gasteiger partial charge is 0.342 e. The maximum absolute atomic E-state index is 12.6. The minimum absolute atomic E-state index is 0.104. The lowest BCUT2D eigenvalue weighted by Gasteiger charge is -2.43. The Labute approximate surface area is 146 Å². The van der Waals surface area contributed by atoms with Crippen molar-refractivity contribution in [2.24, 2.45) is 5.41 Å². The lowest BCUT2D eigenvalue weighted by molar-refractivity contribution is -0.147. The summed E-state index contributed by atoms with van der Waals surface area (Å²) in [5, 5.41) is 4.49. The fourth-order valence-electron chi connectivity index (χ4n) is 3.53. The number of halogens is 2. The van der Waals surface area contributed by atoms with Crippen molar-refractivity contribution in [2.45, 2.75) is 51.6 Å². The molecule has 1 saturated heterocycles. The van der Waals surface area contributed by atoms with E-state index in [9.17, 15) is 4.79 Å². The van der Waals surface area contributed by atoms with Crippen molar-refractivity contribution in [3.63, 3.8) is 0 Å². The van der Waals surface area contributed by atoms with Gasteiger partial charge < -0.3 is 4.90 Å². The molecule has 0 atom stereocenters. The molecule has 2 heterocycles. The van der Waals surface area contributed by atoms with Gasteiger partial charge in [-0.05, 0) is 37.5 Å². The van der Waals surface area contributed by atoms with Crippen molar-refractivity contribution in [1.82, 2.24) is 19.5 Å². The molecule has 8 heteroatoms. The Bertz CT molecular complexity index is 564. The molecule has 1 aromatic heterocycles. The molecular weight excluding hydrogens is 337 g/mol. The van der Waals surface area contributed by atoms with Crippen LogP contribution in [-0.4, -0.2) is 33.7 Å². The molecule has 0 bridgehead atoms. The van der Waals surface area contributed by atoms with Gasteiger partial charge in [0.05, 0.1) is 6.04 Å². The first-order valence-electron chi connectivity index (χ1n) is 8.15. The number of hydrogen-bond acceptors (Lipinski definition) is 4. The number of piperidine rings is 1. The summed E-state index contributed by atoms with van der Waals surface area (Å²) in [6, 6.07) is 0.293. The summed E-state index contributed by atoms with van der Waals surface area (Å²) in [7, 11) is 0. The third-order valence-corrected chi connectivity index (χ3v) is 5.57. The quantitative estimate of drug-likeness (QED) is 0.793. The molecule has 1 aromatic rings. The molecule has 23 heavy (non-hydrogen) atoms. The number of nitrogens with zero attached hydrogens (tertiary/aromatic N) is 3. The molecule has 1 saturated carbocycles. The Hall–Kier alpha value is -0.980. The highest BCUT2D eigenvalue weighted by Gasteiger charge is 2.42. The van der Waals surface area contributed by atoms with Crippen LogP contribution >= 0.6 is 23.6 Å². The number of carbonyl (C=O) groups excluding carboxylic acids is 1. The van der Waals surface area contributed by atoms with E-state index in [4.69, 9.17) is 23.6 Å². The highest BCUT2D eigenvalue weighted by atomic mass is 35.5. The molecule has 6 nitrogen and oxygen atoms in total. The normalized spacial score (nSPS) is 21.1. The second-order valence-electron chi connectivity index (χ2n) is 6.83. The number of hydrogen-bond donors (Lipinski definition) is 2. The van der Waals surface area contributed by atoms with E-state index in [0.29, 0.717) is 24.3 Å². The number of carbonyl (C=O) groups is 1. The van der Waals surface area contributed by atoms with Crippen molar-refractivity contribution in [1.29, 1.82) is 0 Å². The molecule has 3 rings (SSSR count). The number of amides is 1. The number of anilines is 1. The summed E-state index contributed by atoms with van der Waals surface area (Å²) >= 11 is 11.3. The van der Waals surface area contributed by atoms with E-state index in [2.05, 4.69) is 21.7 Å². The molecule has 0 spiro atoms. The molecule has 1 aliphatic carbocycles. The van der Waals surface area contributed by atoms with Crippen LogP contribution < -0.4 is 9.67 Å². The molecule has 2 aliphatic rings. The summed E-state index contributed by atoms with van der Waals surface area (Å²) in [5.74, 6) is 0.957. The molecule has 0 aromatic carbocycles. The average molecular weight is 360 g/mol. The molecule has 2 N–H and O–H groups in total. The second kappa shape index (κ2) is 6.87. The Kier molecular flexibility index (Phi) is 5.04. The van der Waals surface area contributed by atoms with E-state index < -0.39 is 0 Å². The van der Waals surface area contributed by atoms with Crippen molar-refractivity contribution in [3.8, 4) is 0 Å². The Balaban J connectivity index is 1.61. The zero-order chi connectivity index (χ0) is 16.4. The maximum atomic E-state index is 12.6. The Morgan fingerprint density at radius 1 is 1.39 bits per heavy atom. The summed E-state index contributed by atoms with van der Waals surface area (Å²) < 4.78 is 1.95. The number of rotatable bonds is 5. The Morgan fingerprint density at radius 3 is 2.61 bits per heavy atom. The molecule has 1 aliphatic heterocycles. The minimum Gasteiger partial charge on any atom is -0.342 e. The monoisotopic (exact) mass is 359 g/mol. The minimum atomic E-state index is -0.104. The van der Waals surface area contributed by atoms with Crippen LogP contribution in [0.15, 0.2) is 6.20 Å². The van der Waals surface area contributed by atoms with Gasteiger partial charge in [-0.1, -0.05) is 13.3 Å². The van der Waals surface area contributed by atoms with Gasteiger partial charge in [0.25, 0.3) is 0 Å². The molecule has 1 amide bonds. The molecular formula is C15H23Cl2N5O. The maximum Gasteiger partial charge on any atom is 0.228 e. The first-order chi connectivity index (χ1) is 11.1. The van der Waals surface area contributed by atoms with Crippen LogP contribution in [0.1, 0.15) is 50.6 Å². The van der Waals surface area contributed by atoms with Crippen LogP contribution in [0.25, 0.3) is 0 Å². The van der Waals surface area contributed by atoms with Gasteiger partial charge in [0.1, 0.15) is 0 Å². The third kappa shape index (κ3) is 3.30. The van der Waals surface area contributed by atoms with E-state index in [0.717, 1.165) is 44.3 Å². The number of likely N-dealkylation sites (tertiary alicyclic amines) is 1. The van der Waals surface area contributed by atoms with Crippen molar-refractivity contribution < 1.29 is 4.79 Å². The Morgan fingerprint density at radius 2 is 2.09 bits per heavy atom. The zero-order valence-corrected chi connectivity index (χ0v) is 14.8. The van der Waals surface area contributed by atoms with Gasteiger partial charge in [-0.25, -0.2) is 4.84 Å². The fraction of sp³-hybridized carbons (Fsp3) is 0.733. The SMILES string of the molecule is CC1(C(=O)N2CCC(n3cc(CNCl)c(NCl)n3)CC2)CCC1. The second-order valence-corrected chi connectivity index (χ2v) is 7.28. The van der Waals surface area contributed by atoms with Gasteiger partial charge in [0.2, 0.25) is 5.91 Å². The number of aromatic nitrogens is 2. The van der Waals surface area contributed by atoms with E-state index in [1.54, 1.807) is 0 Å². The molecule has 0 unspecified atom stereocenters. The predicted octanol–water partition coefficient (Wildman–Crippen LogP) is 3.05. The number of nitrogens with one attached hydrogen (secondary N) is 2. The van der Waals surface area contributed by atoms with Gasteiger partial charge in [-0.2, -0.15) is 5.10 Å². The van der Waals surface area contributed by atoms with Crippen molar-refractivity contribution in [3.05, 3.63) is 11.8 Å². The first-order valence-corrected chi connectivity index (χ1v) is 8.90. The summed E-state index contributed by atoms with van der Waals surface area (Å²) in [4.78, 5) is 19.8. The summed E-state index contributed by atoms with van der Waals surface area (Å²) in [5.41, 5.74) is 0.823. The predicted molar refractivity (Wildman–Crippen MR) is 91.2 cm³/mol. The summed E-state index contributed by atoms with van der Waals surface area (Å²) in [6.45, 7) is 4.19. The lowest BCUT2D eigenvalue weighted by Crippen LogP contribution is -2.49. The molecule has 128 valence electrons. The topological polar surface area (TPSA) is 62.2 Å². The lowest BCUT2D eigenvalue weighted by atomic mass is 9.69. The summed E-state index contributed by atoms with van der Waals surface area (Å²) in [6.07, 6.45) is 7.04. The molecule has 2 fully saturated rings. The van der Waals surface area contributed by atoms with Crippen molar-refractivity contribution in [2.75, 3.05) is 17.9 Å². The van der Waals surface area contributed by atoms with Crippen LogP contribution in [0.2, 0.25) is 0 Å². The third-order valence-electron chi connectivity index (χ3n) is 5.25. The van der Waals surface area contributed by atoms with Gasteiger partial charge in [0.15, 0.2) is 5.82 Å². The van der Waals surface area contributed by atoms with Gasteiger partial charge >= 0.3 is 0 Å². The highest BCUT2D eigenvalue weighted by Crippen LogP contribution is 2.42. The standard InChI is InChI=1S/C15H23Cl2N5O/c1-15(5-2-6-15)14(23)21-7-3-12(4-8-21)22-10-11(9-18-16)13(19-17)20-22/h10,12,18H,2-9H2,1H3,(H,19,20). The van der Waals surface area contributed by atoms with E-state index in [1.165, 1.54) is 6.42 Å². The van der Waals surface area contributed by atoms with Gasteiger partial charge in [-0.15, -0.1) is 0 Å².